The van der Waals surface area contributed by atoms with Gasteiger partial charge in [0.1, 0.15) is 17.5 Å². The molecule has 0 saturated carbocycles. The summed E-state index contributed by atoms with van der Waals surface area (Å²) in [4.78, 5) is 30.5. The second-order valence-electron chi connectivity index (χ2n) is 11.6. The van der Waals surface area contributed by atoms with Crippen molar-refractivity contribution in [1.29, 1.82) is 5.26 Å². The first-order valence-electron chi connectivity index (χ1n) is 14.9. The molecule has 1 atom stereocenters. The summed E-state index contributed by atoms with van der Waals surface area (Å²) >= 11 is 1.64. The van der Waals surface area contributed by atoms with E-state index in [1.54, 1.807) is 16.7 Å². The summed E-state index contributed by atoms with van der Waals surface area (Å²) in [5, 5.41) is 10.6. The third kappa shape index (κ3) is 6.63. The molecule has 8 nitrogen and oxygen atoms in total. The Kier molecular flexibility index (Phi) is 9.52. The van der Waals surface area contributed by atoms with Crippen LogP contribution in [0, 0.1) is 30.0 Å². The van der Waals surface area contributed by atoms with Crippen LogP contribution in [-0.2, 0) is 4.79 Å². The van der Waals surface area contributed by atoms with E-state index in [1.807, 2.05) is 34.1 Å². The second kappa shape index (κ2) is 13.3. The Morgan fingerprint density at radius 3 is 2.77 bits per heavy atom. The normalized spacial score (nSPS) is 20.8. The zero-order valence-corrected chi connectivity index (χ0v) is 26.5. The largest absolute Gasteiger partial charge is 0.348 e. The maximum absolute atomic E-state index is 14.1. The average molecular weight is 602 g/mol. The molecular formula is C33H40FN7OS. The number of likely N-dealkylation sites (tertiary alicyclic amines) is 1. The fraction of sp³-hybridized carbons (Fsp3) is 0.455. The van der Waals surface area contributed by atoms with Crippen molar-refractivity contribution in [2.24, 2.45) is 15.9 Å². The van der Waals surface area contributed by atoms with Crippen LogP contribution in [0.5, 0.6) is 0 Å². The lowest BCUT2D eigenvalue weighted by atomic mass is 9.90. The molecule has 4 aliphatic heterocycles. The number of fused-ring (bicyclic) bond motifs is 1. The highest BCUT2D eigenvalue weighted by Crippen LogP contribution is 2.35. The van der Waals surface area contributed by atoms with Crippen molar-refractivity contribution in [2.75, 3.05) is 53.1 Å². The molecule has 1 aromatic rings. The van der Waals surface area contributed by atoms with Crippen LogP contribution in [-0.4, -0.2) is 89.6 Å². The van der Waals surface area contributed by atoms with Gasteiger partial charge in [-0.2, -0.15) is 5.26 Å². The number of carbonyl (C=O) groups excluding carboxylic acids is 1. The highest BCUT2D eigenvalue weighted by molar-refractivity contribution is 8.14. The number of allylic oxidation sites excluding steroid dienone is 2. The summed E-state index contributed by atoms with van der Waals surface area (Å²) in [5.41, 5.74) is 4.88. The highest BCUT2D eigenvalue weighted by Gasteiger charge is 2.31. The summed E-state index contributed by atoms with van der Waals surface area (Å²) in [6.45, 7) is 6.91. The Bertz CT molecular complexity index is 1510. The Balaban J connectivity index is 1.41. The van der Waals surface area contributed by atoms with Gasteiger partial charge in [0.15, 0.2) is 5.17 Å². The molecule has 1 aromatic carbocycles. The number of aryl methyl sites for hydroxylation is 1. The van der Waals surface area contributed by atoms with E-state index in [1.165, 1.54) is 23.3 Å². The number of hydrogen-bond donors (Lipinski definition) is 0. The quantitative estimate of drug-likeness (QED) is 0.437. The van der Waals surface area contributed by atoms with Crippen molar-refractivity contribution < 1.29 is 9.18 Å². The van der Waals surface area contributed by atoms with Crippen LogP contribution in [0.1, 0.15) is 49.3 Å². The lowest BCUT2D eigenvalue weighted by Gasteiger charge is -2.38. The molecule has 5 rings (SSSR count). The molecular weight excluding hydrogens is 561 g/mol. The lowest BCUT2D eigenvalue weighted by Crippen LogP contribution is -2.41. The third-order valence-corrected chi connectivity index (χ3v) is 9.45. The number of rotatable bonds is 6. The van der Waals surface area contributed by atoms with Crippen molar-refractivity contribution in [2.45, 2.75) is 39.5 Å². The molecule has 4 heterocycles. The summed E-state index contributed by atoms with van der Waals surface area (Å²) in [6.07, 6.45) is 12.6. The minimum absolute atomic E-state index is 0.147. The van der Waals surface area contributed by atoms with Crippen LogP contribution in [0.3, 0.4) is 0 Å². The number of benzene rings is 1. The molecule has 10 heteroatoms. The fourth-order valence-electron chi connectivity index (χ4n) is 6.08. The van der Waals surface area contributed by atoms with E-state index in [9.17, 15) is 14.4 Å². The summed E-state index contributed by atoms with van der Waals surface area (Å²) in [6, 6.07) is 4.89. The maximum atomic E-state index is 14.1. The molecule has 0 radical (unpaired) electrons. The van der Waals surface area contributed by atoms with E-state index < -0.39 is 5.82 Å². The van der Waals surface area contributed by atoms with E-state index in [0.717, 1.165) is 55.6 Å². The molecule has 0 bridgehead atoms. The number of nitrogens with zero attached hydrogens (tertiary/aromatic N) is 7. The van der Waals surface area contributed by atoms with Crippen LogP contribution < -0.4 is 0 Å². The number of carbonyl (C=O) groups is 1. The molecule has 1 unspecified atom stereocenters. The summed E-state index contributed by atoms with van der Waals surface area (Å²) in [5.74, 6) is 2.80. The lowest BCUT2D eigenvalue weighted by molar-refractivity contribution is -0.129. The van der Waals surface area contributed by atoms with Crippen molar-refractivity contribution in [3.05, 3.63) is 76.0 Å². The first-order chi connectivity index (χ1) is 20.7. The van der Waals surface area contributed by atoms with Crippen molar-refractivity contribution in [3.63, 3.8) is 0 Å². The second-order valence-corrected chi connectivity index (χ2v) is 12.6. The van der Waals surface area contributed by atoms with Crippen molar-refractivity contribution in [1.82, 2.24) is 19.6 Å². The minimum atomic E-state index is -0.416. The Morgan fingerprint density at radius 2 is 2.02 bits per heavy atom. The van der Waals surface area contributed by atoms with Gasteiger partial charge in [0.05, 0.1) is 30.4 Å². The predicted octanol–water partition coefficient (Wildman–Crippen LogP) is 5.36. The topological polar surface area (TPSA) is 78.5 Å². The number of thioether (sulfide) groups is 1. The molecule has 43 heavy (non-hydrogen) atoms. The van der Waals surface area contributed by atoms with Gasteiger partial charge in [0.2, 0.25) is 5.91 Å². The van der Waals surface area contributed by atoms with Gasteiger partial charge in [-0.25, -0.2) is 9.38 Å². The first kappa shape index (κ1) is 30.8. The Hall–Kier alpha value is -3.68. The number of hydrogen-bond acceptors (Lipinski definition) is 8. The monoisotopic (exact) mass is 601 g/mol. The van der Waals surface area contributed by atoms with Gasteiger partial charge < -0.3 is 9.80 Å². The number of aliphatic imine (C=N–C) groups is 2. The van der Waals surface area contributed by atoms with Gasteiger partial charge in [-0.3, -0.25) is 19.6 Å². The maximum Gasteiger partial charge on any atom is 0.236 e. The number of likely N-dealkylation sites (N-methyl/N-ethyl adjacent to an activating group) is 1. The van der Waals surface area contributed by atoms with Gasteiger partial charge in [-0.15, -0.1) is 0 Å². The standard InChI is InChI=1S/C33H40FN7OS/c1-6-23-19-36-29-10-9-25(24-8-7-13-40(14-11-24)21-30(42)38(3)4)20-41(29)32(23)39(5)33-37-28(12-15-43-33)31-22(2)16-27(34)17-26(31)18-35/h9-10,12,16-17,20,24H,6-8,11,13-15,19,21H2,1-5H3. The molecule has 1 fully saturated rings. The predicted molar refractivity (Wildman–Crippen MR) is 173 cm³/mol. The van der Waals surface area contributed by atoms with Crippen LogP contribution in [0.2, 0.25) is 0 Å². The molecule has 0 aromatic heterocycles. The highest BCUT2D eigenvalue weighted by atomic mass is 32.2. The van der Waals surface area contributed by atoms with Gasteiger partial charge in [0.25, 0.3) is 0 Å². The number of nitriles is 1. The molecule has 1 amide bonds. The van der Waals surface area contributed by atoms with E-state index >= 15 is 0 Å². The van der Waals surface area contributed by atoms with Crippen LogP contribution in [0.15, 0.2) is 63.5 Å². The number of amidine groups is 2. The third-order valence-electron chi connectivity index (χ3n) is 8.49. The van der Waals surface area contributed by atoms with Crippen molar-refractivity contribution in [3.8, 4) is 6.07 Å². The van der Waals surface area contributed by atoms with Gasteiger partial charge in [-0.1, -0.05) is 24.8 Å². The SMILES string of the molecule is CCC1=C(N(C)C2=NC(c3c(C)cc(F)cc3C#N)=CCS2)N2C=C(C3CCCN(CC(=O)N(C)C)CC3)C=CC2=NC1. The first-order valence-corrected chi connectivity index (χ1v) is 15.9. The zero-order valence-electron chi connectivity index (χ0n) is 25.7. The van der Waals surface area contributed by atoms with Gasteiger partial charge in [0, 0.05) is 38.7 Å². The number of halogens is 1. The van der Waals surface area contributed by atoms with E-state index in [4.69, 9.17) is 9.98 Å². The van der Waals surface area contributed by atoms with Gasteiger partial charge >= 0.3 is 0 Å². The fourth-order valence-corrected chi connectivity index (χ4v) is 6.92. The smallest absolute Gasteiger partial charge is 0.236 e. The minimum Gasteiger partial charge on any atom is -0.348 e. The zero-order chi connectivity index (χ0) is 30.7. The van der Waals surface area contributed by atoms with E-state index in [2.05, 4.69) is 46.0 Å². The van der Waals surface area contributed by atoms with E-state index in [0.29, 0.717) is 47.1 Å². The van der Waals surface area contributed by atoms with E-state index in [-0.39, 0.29) is 5.91 Å². The summed E-state index contributed by atoms with van der Waals surface area (Å²) in [7, 11) is 5.67. The summed E-state index contributed by atoms with van der Waals surface area (Å²) < 4.78 is 14.1. The van der Waals surface area contributed by atoms with Crippen LogP contribution in [0.4, 0.5) is 4.39 Å². The average Bonchev–Trinajstić information content (AvgIpc) is 3.24. The Morgan fingerprint density at radius 1 is 1.21 bits per heavy atom. The molecule has 226 valence electrons. The molecule has 0 aliphatic carbocycles. The number of amides is 1. The molecule has 4 aliphatic rings. The molecule has 1 saturated heterocycles. The van der Waals surface area contributed by atoms with Crippen LogP contribution in [0.25, 0.3) is 5.70 Å². The van der Waals surface area contributed by atoms with Crippen LogP contribution >= 0.6 is 11.8 Å². The van der Waals surface area contributed by atoms with Gasteiger partial charge in [-0.05, 0) is 92.6 Å². The Labute approximate surface area is 258 Å². The van der Waals surface area contributed by atoms with Crippen molar-refractivity contribution >= 4 is 34.4 Å². The molecule has 0 spiro atoms. The molecule has 0 N–H and O–H groups in total.